The molecule has 0 spiro atoms. The molecule has 3 aromatic rings. The molecule has 1 saturated carbocycles. The summed E-state index contributed by atoms with van der Waals surface area (Å²) in [6.45, 7) is 0.788. The topological polar surface area (TPSA) is 71.5 Å². The van der Waals surface area contributed by atoms with E-state index in [-0.39, 0.29) is 7.43 Å². The minimum absolute atomic E-state index is 0. The zero-order valence-corrected chi connectivity index (χ0v) is 19.4. The summed E-state index contributed by atoms with van der Waals surface area (Å²) in [5.74, 6) is 3.33. The summed E-state index contributed by atoms with van der Waals surface area (Å²) < 4.78 is 10.8. The summed E-state index contributed by atoms with van der Waals surface area (Å²) in [7, 11) is 7.41. The molecular formula is C26H37N5O2. The third kappa shape index (κ3) is 5.85. The van der Waals surface area contributed by atoms with Gasteiger partial charge in [0, 0.05) is 49.7 Å². The van der Waals surface area contributed by atoms with Crippen LogP contribution in [0.5, 0.6) is 11.5 Å². The Labute approximate surface area is 197 Å². The first-order valence-electron chi connectivity index (χ1n) is 11.2. The van der Waals surface area contributed by atoms with Crippen LogP contribution in [0.4, 0.5) is 11.8 Å². The highest BCUT2D eigenvalue weighted by Gasteiger charge is 2.22. The van der Waals surface area contributed by atoms with Crippen LogP contribution >= 0.6 is 0 Å². The normalized spacial score (nSPS) is 17.8. The van der Waals surface area contributed by atoms with Gasteiger partial charge in [0.15, 0.2) is 0 Å². The average molecular weight is 452 g/mol. The van der Waals surface area contributed by atoms with Crippen molar-refractivity contribution in [1.82, 2.24) is 15.3 Å². The van der Waals surface area contributed by atoms with Gasteiger partial charge in [-0.3, -0.25) is 0 Å². The molecule has 1 aliphatic rings. The summed E-state index contributed by atoms with van der Waals surface area (Å²) in [5, 5.41) is 8.35. The molecule has 1 heterocycles. The van der Waals surface area contributed by atoms with E-state index in [1.54, 1.807) is 14.2 Å². The minimum Gasteiger partial charge on any atom is -0.497 e. The zero-order valence-electron chi connectivity index (χ0n) is 19.4. The molecule has 1 aromatic heterocycles. The lowest BCUT2D eigenvalue weighted by atomic mass is 9.91. The molecule has 7 heteroatoms. The third-order valence-electron chi connectivity index (χ3n) is 6.14. The van der Waals surface area contributed by atoms with Crippen molar-refractivity contribution in [3.8, 4) is 11.5 Å². The lowest BCUT2D eigenvalue weighted by molar-refractivity contribution is 0.347. The number of fused-ring (bicyclic) bond motifs is 1. The van der Waals surface area contributed by atoms with E-state index in [1.807, 2.05) is 49.3 Å². The Kier molecular flexibility index (Phi) is 8.33. The maximum absolute atomic E-state index is 5.52. The van der Waals surface area contributed by atoms with Crippen LogP contribution in [-0.4, -0.2) is 50.4 Å². The third-order valence-corrected chi connectivity index (χ3v) is 6.14. The summed E-state index contributed by atoms with van der Waals surface area (Å²) in [4.78, 5) is 11.6. The number of aromatic nitrogens is 2. The van der Waals surface area contributed by atoms with Gasteiger partial charge >= 0.3 is 0 Å². The van der Waals surface area contributed by atoms with Gasteiger partial charge in [-0.05, 0) is 43.9 Å². The van der Waals surface area contributed by atoms with E-state index in [0.29, 0.717) is 18.0 Å². The Bertz CT molecular complexity index is 1050. The molecule has 178 valence electrons. The van der Waals surface area contributed by atoms with Crippen molar-refractivity contribution in [1.29, 1.82) is 0 Å². The minimum atomic E-state index is 0. The number of rotatable bonds is 8. The van der Waals surface area contributed by atoms with Crippen molar-refractivity contribution in [2.45, 2.75) is 51.7 Å². The van der Waals surface area contributed by atoms with Gasteiger partial charge in [-0.1, -0.05) is 25.6 Å². The SMILES string of the molecule is C.COc1ccc(CNC2CCC(Nc3nc(N(C)C)c4ccccc4n3)CC2)c(OC)c1. The highest BCUT2D eigenvalue weighted by molar-refractivity contribution is 5.90. The highest BCUT2D eigenvalue weighted by Crippen LogP contribution is 2.28. The Balaban J connectivity index is 0.00000306. The quantitative estimate of drug-likeness (QED) is 0.507. The van der Waals surface area contributed by atoms with Crippen molar-refractivity contribution in [2.75, 3.05) is 38.5 Å². The van der Waals surface area contributed by atoms with Crippen LogP contribution in [0.15, 0.2) is 42.5 Å². The van der Waals surface area contributed by atoms with Gasteiger partial charge in [0.2, 0.25) is 5.95 Å². The number of methoxy groups -OCH3 is 2. The molecule has 0 saturated heterocycles. The maximum Gasteiger partial charge on any atom is 0.225 e. The highest BCUT2D eigenvalue weighted by atomic mass is 16.5. The van der Waals surface area contributed by atoms with Gasteiger partial charge in [-0.25, -0.2) is 4.98 Å². The van der Waals surface area contributed by atoms with Crippen LogP contribution in [0.3, 0.4) is 0 Å². The molecule has 0 amide bonds. The number of anilines is 2. The van der Waals surface area contributed by atoms with Crippen LogP contribution in [0.1, 0.15) is 38.7 Å². The van der Waals surface area contributed by atoms with Crippen molar-refractivity contribution < 1.29 is 9.47 Å². The number of hydrogen-bond acceptors (Lipinski definition) is 7. The van der Waals surface area contributed by atoms with E-state index in [1.165, 1.54) is 0 Å². The molecule has 7 nitrogen and oxygen atoms in total. The first kappa shape index (κ1) is 24.6. The Morgan fingerprint density at radius 3 is 2.36 bits per heavy atom. The lowest BCUT2D eigenvalue weighted by Gasteiger charge is -2.30. The van der Waals surface area contributed by atoms with Gasteiger partial charge in [-0.15, -0.1) is 0 Å². The maximum atomic E-state index is 5.52. The molecule has 0 aliphatic heterocycles. The van der Waals surface area contributed by atoms with Gasteiger partial charge in [0.05, 0.1) is 19.7 Å². The number of nitrogens with zero attached hydrogens (tertiary/aromatic N) is 3. The number of hydrogen-bond donors (Lipinski definition) is 2. The second-order valence-corrected chi connectivity index (χ2v) is 8.53. The van der Waals surface area contributed by atoms with Gasteiger partial charge in [0.25, 0.3) is 0 Å². The van der Waals surface area contributed by atoms with Crippen molar-refractivity contribution >= 4 is 22.7 Å². The number of para-hydroxylation sites is 1. The van der Waals surface area contributed by atoms with Gasteiger partial charge < -0.3 is 25.0 Å². The lowest BCUT2D eigenvalue weighted by Crippen LogP contribution is -2.37. The van der Waals surface area contributed by atoms with Crippen LogP contribution in [0.25, 0.3) is 10.9 Å². The van der Waals surface area contributed by atoms with Crippen LogP contribution in [0.2, 0.25) is 0 Å². The predicted octanol–water partition coefficient (Wildman–Crippen LogP) is 4.86. The number of benzene rings is 2. The molecule has 1 aliphatic carbocycles. The van der Waals surface area contributed by atoms with Gasteiger partial charge in [-0.2, -0.15) is 4.98 Å². The molecule has 2 aromatic carbocycles. The van der Waals surface area contributed by atoms with Crippen molar-refractivity contribution in [3.05, 3.63) is 48.0 Å². The number of nitrogens with one attached hydrogen (secondary N) is 2. The number of ether oxygens (including phenoxy) is 2. The first-order valence-corrected chi connectivity index (χ1v) is 11.2. The second-order valence-electron chi connectivity index (χ2n) is 8.53. The Hall–Kier alpha value is -3.06. The van der Waals surface area contributed by atoms with Crippen molar-refractivity contribution in [3.63, 3.8) is 0 Å². The van der Waals surface area contributed by atoms with E-state index in [0.717, 1.165) is 66.0 Å². The summed E-state index contributed by atoms with van der Waals surface area (Å²) >= 11 is 0. The van der Waals surface area contributed by atoms with Crippen LogP contribution in [0, 0.1) is 0 Å². The molecule has 0 unspecified atom stereocenters. The van der Waals surface area contributed by atoms with Crippen LogP contribution in [-0.2, 0) is 6.54 Å². The second kappa shape index (κ2) is 11.2. The molecular weight excluding hydrogens is 414 g/mol. The van der Waals surface area contributed by atoms with E-state index >= 15 is 0 Å². The summed E-state index contributed by atoms with van der Waals surface area (Å²) in [6, 6.07) is 15.0. The van der Waals surface area contributed by atoms with E-state index in [2.05, 4.69) is 22.8 Å². The fourth-order valence-corrected chi connectivity index (χ4v) is 4.34. The molecule has 0 radical (unpaired) electrons. The average Bonchev–Trinajstić information content (AvgIpc) is 2.83. The largest absolute Gasteiger partial charge is 0.497 e. The standard InChI is InChI=1S/C25H33N5O2.CH4/c1-30(2)24-21-7-5-6-8-22(21)28-25(29-24)27-19-12-10-18(11-13-19)26-16-17-9-14-20(31-3)15-23(17)32-4;/h5-9,14-15,18-19,26H,10-13,16H2,1-4H3,(H,27,28,29);1H4. The summed E-state index contributed by atoms with van der Waals surface area (Å²) in [6.07, 6.45) is 4.41. The fraction of sp³-hybridized carbons (Fsp3) is 0.462. The van der Waals surface area contributed by atoms with E-state index in [9.17, 15) is 0 Å². The first-order chi connectivity index (χ1) is 15.6. The van der Waals surface area contributed by atoms with E-state index in [4.69, 9.17) is 19.4 Å². The zero-order chi connectivity index (χ0) is 22.5. The van der Waals surface area contributed by atoms with Crippen molar-refractivity contribution in [2.24, 2.45) is 0 Å². The summed E-state index contributed by atoms with van der Waals surface area (Å²) in [5.41, 5.74) is 2.12. The Morgan fingerprint density at radius 2 is 1.67 bits per heavy atom. The fourth-order valence-electron chi connectivity index (χ4n) is 4.34. The predicted molar refractivity (Wildman–Crippen MR) is 137 cm³/mol. The molecule has 33 heavy (non-hydrogen) atoms. The molecule has 0 atom stereocenters. The van der Waals surface area contributed by atoms with Crippen LogP contribution < -0.4 is 25.0 Å². The smallest absolute Gasteiger partial charge is 0.225 e. The molecule has 1 fully saturated rings. The van der Waals surface area contributed by atoms with E-state index < -0.39 is 0 Å². The van der Waals surface area contributed by atoms with Gasteiger partial charge in [0.1, 0.15) is 17.3 Å². The molecule has 4 rings (SSSR count). The monoisotopic (exact) mass is 451 g/mol. The Morgan fingerprint density at radius 1 is 0.939 bits per heavy atom. The molecule has 2 N–H and O–H groups in total. The molecule has 0 bridgehead atoms.